The molecule has 9 heteroatoms. The Hall–Kier alpha value is -3.20. The molecule has 0 spiro atoms. The number of halogens is 4. The molecule has 4 nitrogen and oxygen atoms in total. The molecule has 1 aromatic carbocycles. The summed E-state index contributed by atoms with van der Waals surface area (Å²) in [6.45, 7) is 0. The van der Waals surface area contributed by atoms with Crippen molar-refractivity contribution in [3.8, 4) is 16.2 Å². The molecular formula is C19H10F4N2O2S. The first-order valence-electron chi connectivity index (χ1n) is 7.93. The molecule has 0 fully saturated rings. The zero-order valence-electron chi connectivity index (χ0n) is 13.9. The molecule has 4 rings (SSSR count). The van der Waals surface area contributed by atoms with Gasteiger partial charge in [-0.1, -0.05) is 12.1 Å². The van der Waals surface area contributed by atoms with Crippen molar-refractivity contribution < 1.29 is 27.1 Å². The lowest BCUT2D eigenvalue weighted by atomic mass is 10.0. The molecule has 142 valence electrons. The van der Waals surface area contributed by atoms with E-state index in [1.165, 1.54) is 17.5 Å². The molecule has 0 unspecified atom stereocenters. The van der Waals surface area contributed by atoms with Gasteiger partial charge in [0.05, 0.1) is 5.56 Å². The van der Waals surface area contributed by atoms with Crippen LogP contribution in [0, 0.1) is 5.82 Å². The van der Waals surface area contributed by atoms with E-state index in [4.69, 9.17) is 0 Å². The maximum absolute atomic E-state index is 14.5. The summed E-state index contributed by atoms with van der Waals surface area (Å²) in [4.78, 5) is 20.8. The van der Waals surface area contributed by atoms with Crippen molar-refractivity contribution in [1.82, 2.24) is 9.97 Å². The van der Waals surface area contributed by atoms with E-state index in [9.17, 15) is 22.4 Å². The van der Waals surface area contributed by atoms with Crippen LogP contribution in [-0.2, 0) is 0 Å². The molecular weight excluding hydrogens is 396 g/mol. The van der Waals surface area contributed by atoms with E-state index in [1.807, 2.05) is 17.5 Å². The number of benzene rings is 1. The van der Waals surface area contributed by atoms with Gasteiger partial charge in [0.1, 0.15) is 5.65 Å². The van der Waals surface area contributed by atoms with Crippen LogP contribution in [0.4, 0.5) is 17.6 Å². The summed E-state index contributed by atoms with van der Waals surface area (Å²) in [6.07, 6.45) is -2.07. The lowest BCUT2D eigenvalue weighted by molar-refractivity contribution is -0.275. The van der Waals surface area contributed by atoms with Crippen LogP contribution in [0.1, 0.15) is 15.9 Å². The Morgan fingerprint density at radius 1 is 1.14 bits per heavy atom. The number of fused-ring (bicyclic) bond motifs is 1. The van der Waals surface area contributed by atoms with Crippen molar-refractivity contribution in [3.63, 3.8) is 0 Å². The minimum atomic E-state index is -5.07. The van der Waals surface area contributed by atoms with Gasteiger partial charge in [-0.15, -0.1) is 24.5 Å². The zero-order chi connectivity index (χ0) is 19.9. The number of hydrogen-bond donors (Lipinski definition) is 1. The molecule has 0 aliphatic heterocycles. The van der Waals surface area contributed by atoms with Crippen molar-refractivity contribution in [2.45, 2.75) is 6.36 Å². The Morgan fingerprint density at radius 2 is 1.96 bits per heavy atom. The molecule has 0 radical (unpaired) electrons. The molecule has 0 saturated carbocycles. The quantitative estimate of drug-likeness (QED) is 0.357. The van der Waals surface area contributed by atoms with Crippen molar-refractivity contribution in [2.24, 2.45) is 0 Å². The first-order chi connectivity index (χ1) is 13.3. The average Bonchev–Trinajstić information content (AvgIpc) is 3.31. The van der Waals surface area contributed by atoms with E-state index in [2.05, 4.69) is 14.7 Å². The van der Waals surface area contributed by atoms with Gasteiger partial charge in [-0.05, 0) is 29.6 Å². The minimum Gasteiger partial charge on any atom is -0.403 e. The predicted molar refractivity (Wildman–Crippen MR) is 95.9 cm³/mol. The largest absolute Gasteiger partial charge is 0.573 e. The highest BCUT2D eigenvalue weighted by atomic mass is 32.1. The van der Waals surface area contributed by atoms with Gasteiger partial charge in [0.15, 0.2) is 17.3 Å². The van der Waals surface area contributed by atoms with Crippen LogP contribution in [-0.4, -0.2) is 22.1 Å². The van der Waals surface area contributed by atoms with Crippen LogP contribution in [0.5, 0.6) is 5.75 Å². The molecule has 0 saturated heterocycles. The average molecular weight is 406 g/mol. The van der Waals surface area contributed by atoms with Crippen LogP contribution in [0.15, 0.2) is 54.2 Å². The van der Waals surface area contributed by atoms with Gasteiger partial charge in [0.25, 0.3) is 0 Å². The smallest absolute Gasteiger partial charge is 0.403 e. The van der Waals surface area contributed by atoms with Crippen molar-refractivity contribution in [2.75, 3.05) is 0 Å². The zero-order valence-corrected chi connectivity index (χ0v) is 14.7. The number of aromatic amines is 1. The number of H-pyrrole nitrogens is 1. The van der Waals surface area contributed by atoms with E-state index in [-0.39, 0.29) is 5.56 Å². The van der Waals surface area contributed by atoms with E-state index < -0.39 is 29.3 Å². The molecule has 3 heterocycles. The summed E-state index contributed by atoms with van der Waals surface area (Å²) < 4.78 is 55.4. The Morgan fingerprint density at radius 3 is 2.68 bits per heavy atom. The lowest BCUT2D eigenvalue weighted by Gasteiger charge is -2.11. The third-order valence-electron chi connectivity index (χ3n) is 4.02. The number of carbonyl (C=O) groups is 1. The fraction of sp³-hybridized carbons (Fsp3) is 0.0526. The number of rotatable bonds is 4. The third-order valence-corrected chi connectivity index (χ3v) is 4.93. The Labute approximate surface area is 159 Å². The maximum atomic E-state index is 14.5. The van der Waals surface area contributed by atoms with Gasteiger partial charge in [-0.25, -0.2) is 9.37 Å². The highest BCUT2D eigenvalue weighted by Gasteiger charge is 2.33. The highest BCUT2D eigenvalue weighted by Crippen LogP contribution is 2.31. The Balaban J connectivity index is 1.77. The van der Waals surface area contributed by atoms with Gasteiger partial charge in [0, 0.05) is 33.8 Å². The second-order valence-corrected chi connectivity index (χ2v) is 6.74. The van der Waals surface area contributed by atoms with Gasteiger partial charge < -0.3 is 9.72 Å². The molecule has 3 aromatic heterocycles. The summed E-state index contributed by atoms with van der Waals surface area (Å²) in [5.74, 6) is -3.21. The summed E-state index contributed by atoms with van der Waals surface area (Å²) in [5, 5.41) is 2.34. The predicted octanol–water partition coefficient (Wildman–Crippen LogP) is 5.56. The van der Waals surface area contributed by atoms with Crippen molar-refractivity contribution in [1.29, 1.82) is 0 Å². The fourth-order valence-electron chi connectivity index (χ4n) is 2.80. The second kappa shape index (κ2) is 6.75. The number of pyridine rings is 1. The Bertz CT molecular complexity index is 1170. The number of hydrogen-bond acceptors (Lipinski definition) is 4. The third kappa shape index (κ3) is 3.36. The van der Waals surface area contributed by atoms with E-state index >= 15 is 0 Å². The van der Waals surface area contributed by atoms with E-state index in [0.717, 1.165) is 28.6 Å². The molecule has 28 heavy (non-hydrogen) atoms. The molecule has 4 aromatic rings. The number of aromatic nitrogens is 2. The summed E-state index contributed by atoms with van der Waals surface area (Å²) in [7, 11) is 0. The molecule has 0 bridgehead atoms. The normalized spacial score (nSPS) is 11.7. The van der Waals surface area contributed by atoms with Crippen molar-refractivity contribution >= 4 is 28.2 Å². The lowest BCUT2D eigenvalue weighted by Crippen LogP contribution is -2.18. The van der Waals surface area contributed by atoms with Gasteiger partial charge in [0.2, 0.25) is 0 Å². The summed E-state index contributed by atoms with van der Waals surface area (Å²) >= 11 is 1.49. The number of ketones is 1. The first-order valence-corrected chi connectivity index (χ1v) is 8.81. The standard InChI is InChI=1S/C19H10F4N2O2S/c20-16-11(3-1-4-14(16)27-19(21,22)23)17(26)13-9-25-18-12(13)7-10(8-24-18)15-5-2-6-28-15/h1-9H,(H,24,25). The van der Waals surface area contributed by atoms with Crippen LogP contribution in [0.25, 0.3) is 21.5 Å². The Kier molecular flexibility index (Phi) is 4.38. The topological polar surface area (TPSA) is 55.0 Å². The van der Waals surface area contributed by atoms with Crippen LogP contribution in [0.2, 0.25) is 0 Å². The number of ether oxygens (including phenoxy) is 1. The van der Waals surface area contributed by atoms with Gasteiger partial charge in [-0.3, -0.25) is 4.79 Å². The van der Waals surface area contributed by atoms with Gasteiger partial charge >= 0.3 is 6.36 Å². The number of carbonyl (C=O) groups excluding carboxylic acids is 1. The SMILES string of the molecule is O=C(c1cccc(OC(F)(F)F)c1F)c1c[nH]c2ncc(-c3cccs3)cc12. The van der Waals surface area contributed by atoms with Gasteiger partial charge in [-0.2, -0.15) is 0 Å². The number of alkyl halides is 3. The number of nitrogens with one attached hydrogen (secondary N) is 1. The van der Waals surface area contributed by atoms with Crippen LogP contribution >= 0.6 is 11.3 Å². The van der Waals surface area contributed by atoms with Crippen molar-refractivity contribution in [3.05, 3.63) is 71.1 Å². The summed E-state index contributed by atoms with van der Waals surface area (Å²) in [5.41, 5.74) is 0.755. The number of thiophene rings is 1. The monoisotopic (exact) mass is 406 g/mol. The maximum Gasteiger partial charge on any atom is 0.573 e. The summed E-state index contributed by atoms with van der Waals surface area (Å²) in [6, 6.07) is 8.53. The fourth-order valence-corrected chi connectivity index (χ4v) is 3.51. The molecule has 1 N–H and O–H groups in total. The molecule has 0 atom stereocenters. The van der Waals surface area contributed by atoms with E-state index in [0.29, 0.717) is 11.0 Å². The van der Waals surface area contributed by atoms with Crippen LogP contribution in [0.3, 0.4) is 0 Å². The highest BCUT2D eigenvalue weighted by molar-refractivity contribution is 7.13. The molecule has 0 amide bonds. The second-order valence-electron chi connectivity index (χ2n) is 5.79. The minimum absolute atomic E-state index is 0.101. The first kappa shape index (κ1) is 18.2. The van der Waals surface area contributed by atoms with Crippen LogP contribution < -0.4 is 4.74 Å². The molecule has 0 aliphatic rings. The van der Waals surface area contributed by atoms with E-state index in [1.54, 1.807) is 12.3 Å². The molecule has 0 aliphatic carbocycles. The number of nitrogens with zero attached hydrogens (tertiary/aromatic N) is 1.